The second kappa shape index (κ2) is 9.53. The van der Waals surface area contributed by atoms with E-state index in [4.69, 9.17) is 4.74 Å². The monoisotopic (exact) mass is 433 g/mol. The molecule has 4 aromatic rings. The SMILES string of the molecule is CCc1cccc(Nc2nnc(SCc3ccccc3OC)n(-n3cccc3)c2=O)c1. The van der Waals surface area contributed by atoms with Crippen LogP contribution in [0.25, 0.3) is 0 Å². The van der Waals surface area contributed by atoms with E-state index < -0.39 is 0 Å². The predicted molar refractivity (Wildman–Crippen MR) is 123 cm³/mol. The number of hydrogen-bond donors (Lipinski definition) is 1. The number of methoxy groups -OCH3 is 1. The van der Waals surface area contributed by atoms with Crippen LogP contribution in [0.15, 0.2) is 83.0 Å². The summed E-state index contributed by atoms with van der Waals surface area (Å²) in [5, 5.41) is 12.2. The third-order valence-electron chi connectivity index (χ3n) is 4.78. The van der Waals surface area contributed by atoms with E-state index in [0.29, 0.717) is 10.9 Å². The Morgan fingerprint density at radius 2 is 1.84 bits per heavy atom. The van der Waals surface area contributed by atoms with E-state index >= 15 is 0 Å². The van der Waals surface area contributed by atoms with Gasteiger partial charge >= 0.3 is 5.56 Å². The molecule has 0 amide bonds. The average Bonchev–Trinajstić information content (AvgIpc) is 3.34. The van der Waals surface area contributed by atoms with Crippen molar-refractivity contribution in [2.24, 2.45) is 0 Å². The Morgan fingerprint density at radius 1 is 1.03 bits per heavy atom. The summed E-state index contributed by atoms with van der Waals surface area (Å²) in [6.45, 7) is 2.09. The molecule has 7 nitrogen and oxygen atoms in total. The molecule has 2 aromatic carbocycles. The molecule has 31 heavy (non-hydrogen) atoms. The summed E-state index contributed by atoms with van der Waals surface area (Å²) in [4.78, 5) is 13.3. The molecular weight excluding hydrogens is 410 g/mol. The maximum atomic E-state index is 13.3. The first-order valence-electron chi connectivity index (χ1n) is 9.93. The summed E-state index contributed by atoms with van der Waals surface area (Å²) in [5.41, 5.74) is 2.71. The predicted octanol–water partition coefficient (Wildman–Crippen LogP) is 4.36. The van der Waals surface area contributed by atoms with Gasteiger partial charge in [0.05, 0.1) is 7.11 Å². The number of benzene rings is 2. The fraction of sp³-hybridized carbons (Fsp3) is 0.174. The van der Waals surface area contributed by atoms with Crippen LogP contribution in [0.4, 0.5) is 11.5 Å². The zero-order valence-corrected chi connectivity index (χ0v) is 18.2. The summed E-state index contributed by atoms with van der Waals surface area (Å²) in [6.07, 6.45) is 4.52. The standard InChI is InChI=1S/C23H23N5O2S/c1-3-17-9-8-11-19(15-17)24-21-22(29)28(27-13-6-7-14-27)23(26-25-21)31-16-18-10-4-5-12-20(18)30-2/h4-15H,3,16H2,1-2H3,(H,24,25). The summed E-state index contributed by atoms with van der Waals surface area (Å²) in [6, 6.07) is 19.4. The number of anilines is 2. The van der Waals surface area contributed by atoms with Gasteiger partial charge in [0.2, 0.25) is 11.0 Å². The molecule has 0 aliphatic carbocycles. The first-order chi connectivity index (χ1) is 15.2. The molecule has 0 atom stereocenters. The Balaban J connectivity index is 1.68. The highest BCUT2D eigenvalue weighted by molar-refractivity contribution is 7.98. The van der Waals surface area contributed by atoms with E-state index in [-0.39, 0.29) is 11.4 Å². The van der Waals surface area contributed by atoms with Crippen LogP contribution in [0, 0.1) is 0 Å². The van der Waals surface area contributed by atoms with Gasteiger partial charge in [-0.3, -0.25) is 9.47 Å². The highest BCUT2D eigenvalue weighted by atomic mass is 32.2. The van der Waals surface area contributed by atoms with Crippen molar-refractivity contribution in [1.29, 1.82) is 0 Å². The van der Waals surface area contributed by atoms with Gasteiger partial charge in [-0.2, -0.15) is 4.68 Å². The van der Waals surface area contributed by atoms with E-state index in [9.17, 15) is 4.79 Å². The van der Waals surface area contributed by atoms with Crippen molar-refractivity contribution in [3.8, 4) is 5.75 Å². The highest BCUT2D eigenvalue weighted by Gasteiger charge is 2.15. The van der Waals surface area contributed by atoms with Crippen LogP contribution in [-0.2, 0) is 12.2 Å². The lowest BCUT2D eigenvalue weighted by atomic mass is 10.1. The minimum absolute atomic E-state index is 0.170. The third kappa shape index (κ3) is 4.64. The molecule has 0 aliphatic heterocycles. The van der Waals surface area contributed by atoms with Crippen molar-refractivity contribution in [3.63, 3.8) is 0 Å². The zero-order valence-electron chi connectivity index (χ0n) is 17.4. The van der Waals surface area contributed by atoms with Crippen LogP contribution in [0.5, 0.6) is 5.75 Å². The summed E-state index contributed by atoms with van der Waals surface area (Å²) in [7, 11) is 1.65. The van der Waals surface area contributed by atoms with E-state index in [1.165, 1.54) is 22.0 Å². The molecule has 158 valence electrons. The molecule has 2 heterocycles. The molecule has 0 unspecified atom stereocenters. The zero-order chi connectivity index (χ0) is 21.6. The van der Waals surface area contributed by atoms with Crippen LogP contribution in [0.1, 0.15) is 18.1 Å². The van der Waals surface area contributed by atoms with Crippen molar-refractivity contribution >= 4 is 23.3 Å². The van der Waals surface area contributed by atoms with Crippen LogP contribution < -0.4 is 15.6 Å². The fourth-order valence-corrected chi connectivity index (χ4v) is 4.09. The number of para-hydroxylation sites is 1. The number of aryl methyl sites for hydroxylation is 1. The lowest BCUT2D eigenvalue weighted by Crippen LogP contribution is -2.30. The van der Waals surface area contributed by atoms with Crippen LogP contribution >= 0.6 is 11.8 Å². The van der Waals surface area contributed by atoms with Crippen LogP contribution in [-0.4, -0.2) is 26.7 Å². The Kier molecular flexibility index (Phi) is 6.37. The fourth-order valence-electron chi connectivity index (χ4n) is 3.17. The number of rotatable bonds is 8. The number of aromatic nitrogens is 4. The lowest BCUT2D eigenvalue weighted by Gasteiger charge is -2.14. The molecular formula is C23H23N5O2S. The second-order valence-electron chi connectivity index (χ2n) is 6.79. The molecule has 0 radical (unpaired) electrons. The number of ether oxygens (including phenoxy) is 1. The van der Waals surface area contributed by atoms with Crippen LogP contribution in [0.2, 0.25) is 0 Å². The van der Waals surface area contributed by atoms with Gasteiger partial charge in [-0.25, -0.2) is 0 Å². The molecule has 0 fully saturated rings. The van der Waals surface area contributed by atoms with Gasteiger partial charge in [0, 0.05) is 29.4 Å². The topological polar surface area (TPSA) is 74.0 Å². The van der Waals surface area contributed by atoms with Crippen molar-refractivity contribution in [2.75, 3.05) is 12.4 Å². The molecule has 2 aromatic heterocycles. The molecule has 0 aliphatic rings. The van der Waals surface area contributed by atoms with Crippen molar-refractivity contribution in [1.82, 2.24) is 19.5 Å². The Bertz CT molecular complexity index is 1220. The van der Waals surface area contributed by atoms with Gasteiger partial charge in [0.15, 0.2) is 0 Å². The van der Waals surface area contributed by atoms with Crippen molar-refractivity contribution in [3.05, 3.63) is 94.5 Å². The van der Waals surface area contributed by atoms with E-state index in [1.807, 2.05) is 60.7 Å². The Hall–Kier alpha value is -3.52. The van der Waals surface area contributed by atoms with E-state index in [2.05, 4.69) is 22.4 Å². The van der Waals surface area contributed by atoms with Gasteiger partial charge in [-0.05, 0) is 42.3 Å². The summed E-state index contributed by atoms with van der Waals surface area (Å²) in [5.74, 6) is 1.56. The molecule has 0 saturated heterocycles. The lowest BCUT2D eigenvalue weighted by molar-refractivity contribution is 0.411. The largest absolute Gasteiger partial charge is 0.496 e. The number of nitrogens with zero attached hydrogens (tertiary/aromatic N) is 4. The maximum absolute atomic E-state index is 13.3. The van der Waals surface area contributed by atoms with Gasteiger partial charge in [-0.15, -0.1) is 10.2 Å². The number of nitrogens with one attached hydrogen (secondary N) is 1. The van der Waals surface area contributed by atoms with Crippen molar-refractivity contribution in [2.45, 2.75) is 24.3 Å². The normalized spacial score (nSPS) is 10.8. The van der Waals surface area contributed by atoms with Crippen molar-refractivity contribution < 1.29 is 4.74 Å². The molecule has 8 heteroatoms. The van der Waals surface area contributed by atoms with E-state index in [1.54, 1.807) is 24.2 Å². The highest BCUT2D eigenvalue weighted by Crippen LogP contribution is 2.26. The quantitative estimate of drug-likeness (QED) is 0.416. The third-order valence-corrected chi connectivity index (χ3v) is 5.75. The second-order valence-corrected chi connectivity index (χ2v) is 7.73. The minimum atomic E-state index is -0.282. The van der Waals surface area contributed by atoms with Gasteiger partial charge in [0.1, 0.15) is 5.75 Å². The molecule has 1 N–H and O–H groups in total. The maximum Gasteiger partial charge on any atom is 0.316 e. The average molecular weight is 434 g/mol. The Morgan fingerprint density at radius 3 is 2.61 bits per heavy atom. The summed E-state index contributed by atoms with van der Waals surface area (Å²) >= 11 is 1.42. The number of hydrogen-bond acceptors (Lipinski definition) is 6. The minimum Gasteiger partial charge on any atom is -0.496 e. The van der Waals surface area contributed by atoms with Gasteiger partial charge in [0.25, 0.3) is 0 Å². The molecule has 0 spiro atoms. The molecule has 4 rings (SSSR count). The number of thioether (sulfide) groups is 1. The smallest absolute Gasteiger partial charge is 0.316 e. The molecule has 0 bridgehead atoms. The Labute approximate surface area is 184 Å². The first kappa shape index (κ1) is 20.7. The van der Waals surface area contributed by atoms with Gasteiger partial charge < -0.3 is 10.1 Å². The molecule has 0 saturated carbocycles. The summed E-state index contributed by atoms with van der Waals surface area (Å²) < 4.78 is 8.65. The first-order valence-corrected chi connectivity index (χ1v) is 10.9. The van der Waals surface area contributed by atoms with E-state index in [0.717, 1.165) is 23.4 Å². The van der Waals surface area contributed by atoms with Crippen LogP contribution in [0.3, 0.4) is 0 Å². The van der Waals surface area contributed by atoms with Gasteiger partial charge in [-0.1, -0.05) is 49.0 Å².